The second-order valence-electron chi connectivity index (χ2n) is 7.43. The highest BCUT2D eigenvalue weighted by molar-refractivity contribution is 5.92. The Morgan fingerprint density at radius 3 is 2.55 bits per heavy atom. The standard InChI is InChI=1S/C23H24N6O2/c1-15-6-5-7-16(2)23(15)25-22(30)13-29-12-19(26-27-29)18-8-9-20(21(10-18)31-4)28-11-17(3)24-14-28/h5-12,14H,13H2,1-4H3,(H,25,30). The zero-order valence-electron chi connectivity index (χ0n) is 18.0. The van der Waals surface area contributed by atoms with Crippen molar-refractivity contribution in [3.63, 3.8) is 0 Å². The summed E-state index contributed by atoms with van der Waals surface area (Å²) in [5, 5.41) is 11.3. The molecule has 8 heteroatoms. The van der Waals surface area contributed by atoms with Crippen molar-refractivity contribution in [3.8, 4) is 22.7 Å². The minimum absolute atomic E-state index is 0.0737. The molecule has 2 aromatic heterocycles. The minimum atomic E-state index is -0.155. The normalized spacial score (nSPS) is 10.8. The Kier molecular flexibility index (Phi) is 5.53. The average molecular weight is 416 g/mol. The summed E-state index contributed by atoms with van der Waals surface area (Å²) >= 11 is 0. The summed E-state index contributed by atoms with van der Waals surface area (Å²) < 4.78 is 9.00. The first-order valence-electron chi connectivity index (χ1n) is 9.90. The van der Waals surface area contributed by atoms with Crippen LogP contribution in [0.4, 0.5) is 5.69 Å². The second-order valence-corrected chi connectivity index (χ2v) is 7.43. The van der Waals surface area contributed by atoms with Gasteiger partial charge in [0.15, 0.2) is 0 Å². The van der Waals surface area contributed by atoms with Crippen LogP contribution in [0, 0.1) is 20.8 Å². The summed E-state index contributed by atoms with van der Waals surface area (Å²) in [6.07, 6.45) is 5.43. The van der Waals surface area contributed by atoms with Crippen LogP contribution in [-0.2, 0) is 11.3 Å². The molecule has 8 nitrogen and oxygen atoms in total. The van der Waals surface area contributed by atoms with E-state index in [0.29, 0.717) is 11.4 Å². The minimum Gasteiger partial charge on any atom is -0.495 e. The van der Waals surface area contributed by atoms with E-state index >= 15 is 0 Å². The van der Waals surface area contributed by atoms with Gasteiger partial charge in [0.05, 0.1) is 31.0 Å². The quantitative estimate of drug-likeness (QED) is 0.518. The van der Waals surface area contributed by atoms with E-state index in [2.05, 4.69) is 20.6 Å². The summed E-state index contributed by atoms with van der Waals surface area (Å²) in [4.78, 5) is 16.8. The van der Waals surface area contributed by atoms with E-state index in [1.54, 1.807) is 19.6 Å². The molecule has 0 bridgehead atoms. The molecule has 0 saturated carbocycles. The number of nitrogens with zero attached hydrogens (tertiary/aromatic N) is 5. The highest BCUT2D eigenvalue weighted by Crippen LogP contribution is 2.29. The number of amides is 1. The van der Waals surface area contributed by atoms with Gasteiger partial charge >= 0.3 is 0 Å². The van der Waals surface area contributed by atoms with Gasteiger partial charge in [-0.3, -0.25) is 4.79 Å². The molecule has 0 unspecified atom stereocenters. The Balaban J connectivity index is 1.51. The van der Waals surface area contributed by atoms with Crippen molar-refractivity contribution >= 4 is 11.6 Å². The topological polar surface area (TPSA) is 86.9 Å². The maximum Gasteiger partial charge on any atom is 0.246 e. The number of methoxy groups -OCH3 is 1. The molecule has 0 saturated heterocycles. The molecule has 0 spiro atoms. The Bertz CT molecular complexity index is 1220. The molecule has 0 radical (unpaired) electrons. The van der Waals surface area contributed by atoms with Gasteiger partial charge in [-0.05, 0) is 44.0 Å². The van der Waals surface area contributed by atoms with Crippen LogP contribution in [0.25, 0.3) is 16.9 Å². The number of ether oxygens (including phenoxy) is 1. The first kappa shape index (κ1) is 20.3. The number of aromatic nitrogens is 5. The van der Waals surface area contributed by atoms with Gasteiger partial charge in [-0.25, -0.2) is 9.67 Å². The molecular formula is C23H24N6O2. The Morgan fingerprint density at radius 1 is 1.10 bits per heavy atom. The molecule has 0 aliphatic carbocycles. The molecule has 1 amide bonds. The number of para-hydroxylation sites is 1. The Hall–Kier alpha value is -3.94. The number of nitrogens with one attached hydrogen (secondary N) is 1. The van der Waals surface area contributed by atoms with Crippen molar-refractivity contribution in [3.05, 3.63) is 71.9 Å². The highest BCUT2D eigenvalue weighted by atomic mass is 16.5. The number of rotatable bonds is 6. The Labute approximate surface area is 180 Å². The van der Waals surface area contributed by atoms with E-state index in [1.807, 2.05) is 67.9 Å². The van der Waals surface area contributed by atoms with E-state index in [9.17, 15) is 4.79 Å². The highest BCUT2D eigenvalue weighted by Gasteiger charge is 2.13. The van der Waals surface area contributed by atoms with Crippen molar-refractivity contribution < 1.29 is 9.53 Å². The van der Waals surface area contributed by atoms with E-state index in [1.165, 1.54) is 4.68 Å². The number of anilines is 1. The molecule has 4 rings (SSSR count). The lowest BCUT2D eigenvalue weighted by Crippen LogP contribution is -2.20. The molecule has 1 N–H and O–H groups in total. The smallest absolute Gasteiger partial charge is 0.246 e. The molecule has 0 aliphatic rings. The molecule has 0 fully saturated rings. The van der Waals surface area contributed by atoms with Gasteiger partial charge in [-0.2, -0.15) is 0 Å². The fourth-order valence-electron chi connectivity index (χ4n) is 3.45. The largest absolute Gasteiger partial charge is 0.495 e. The van der Waals surface area contributed by atoms with Crippen LogP contribution < -0.4 is 10.1 Å². The van der Waals surface area contributed by atoms with Gasteiger partial charge in [-0.15, -0.1) is 5.10 Å². The molecule has 158 valence electrons. The summed E-state index contributed by atoms with van der Waals surface area (Å²) in [6, 6.07) is 11.7. The maximum atomic E-state index is 12.5. The van der Waals surface area contributed by atoms with Crippen molar-refractivity contribution in [2.45, 2.75) is 27.3 Å². The van der Waals surface area contributed by atoms with E-state index in [-0.39, 0.29) is 12.5 Å². The predicted molar refractivity (Wildman–Crippen MR) is 118 cm³/mol. The SMILES string of the molecule is COc1cc(-c2cn(CC(=O)Nc3c(C)cccc3C)nn2)ccc1-n1cnc(C)c1. The Morgan fingerprint density at radius 2 is 1.87 bits per heavy atom. The summed E-state index contributed by atoms with van der Waals surface area (Å²) in [5.74, 6) is 0.537. The summed E-state index contributed by atoms with van der Waals surface area (Å²) in [5.41, 5.74) is 6.19. The van der Waals surface area contributed by atoms with Gasteiger partial charge < -0.3 is 14.6 Å². The van der Waals surface area contributed by atoms with Crippen LogP contribution in [0.5, 0.6) is 5.75 Å². The van der Waals surface area contributed by atoms with Crippen LogP contribution in [0.2, 0.25) is 0 Å². The molecule has 4 aromatic rings. The zero-order chi connectivity index (χ0) is 22.0. The molecule has 0 aliphatic heterocycles. The first-order chi connectivity index (χ1) is 14.9. The second kappa shape index (κ2) is 8.43. The molecule has 2 aromatic carbocycles. The average Bonchev–Trinajstić information content (AvgIpc) is 3.39. The van der Waals surface area contributed by atoms with Crippen LogP contribution in [0.15, 0.2) is 55.1 Å². The van der Waals surface area contributed by atoms with Crippen LogP contribution in [-0.4, -0.2) is 37.6 Å². The number of hydrogen-bond acceptors (Lipinski definition) is 5. The van der Waals surface area contributed by atoms with E-state index in [4.69, 9.17) is 4.74 Å². The fourth-order valence-corrected chi connectivity index (χ4v) is 3.45. The monoisotopic (exact) mass is 416 g/mol. The lowest BCUT2D eigenvalue weighted by atomic mass is 10.1. The molecule has 0 atom stereocenters. The van der Waals surface area contributed by atoms with Crippen molar-refractivity contribution in [1.29, 1.82) is 0 Å². The molecular weight excluding hydrogens is 392 g/mol. The van der Waals surface area contributed by atoms with Gasteiger partial charge in [0, 0.05) is 17.4 Å². The third-order valence-corrected chi connectivity index (χ3v) is 5.06. The zero-order valence-corrected chi connectivity index (χ0v) is 18.0. The van der Waals surface area contributed by atoms with Crippen molar-refractivity contribution in [1.82, 2.24) is 24.5 Å². The van der Waals surface area contributed by atoms with Gasteiger partial charge in [-0.1, -0.05) is 29.5 Å². The van der Waals surface area contributed by atoms with Crippen LogP contribution >= 0.6 is 0 Å². The molecule has 2 heterocycles. The van der Waals surface area contributed by atoms with E-state index in [0.717, 1.165) is 33.8 Å². The van der Waals surface area contributed by atoms with Crippen molar-refractivity contribution in [2.75, 3.05) is 12.4 Å². The maximum absolute atomic E-state index is 12.5. The number of carbonyl (C=O) groups is 1. The van der Waals surface area contributed by atoms with Gasteiger partial charge in [0.25, 0.3) is 0 Å². The third-order valence-electron chi connectivity index (χ3n) is 5.06. The van der Waals surface area contributed by atoms with Crippen molar-refractivity contribution in [2.24, 2.45) is 0 Å². The number of hydrogen-bond donors (Lipinski definition) is 1. The number of imidazole rings is 1. The lowest BCUT2D eigenvalue weighted by molar-refractivity contribution is -0.116. The van der Waals surface area contributed by atoms with E-state index < -0.39 is 0 Å². The fraction of sp³-hybridized carbons (Fsp3) is 0.217. The number of aryl methyl sites for hydroxylation is 3. The number of benzene rings is 2. The van der Waals surface area contributed by atoms with Crippen LogP contribution in [0.1, 0.15) is 16.8 Å². The molecule has 31 heavy (non-hydrogen) atoms. The third kappa shape index (κ3) is 4.32. The lowest BCUT2D eigenvalue weighted by Gasteiger charge is -2.11. The predicted octanol–water partition coefficient (Wildman–Crippen LogP) is 3.70. The summed E-state index contributed by atoms with van der Waals surface area (Å²) in [6.45, 7) is 5.95. The van der Waals surface area contributed by atoms with Gasteiger partial charge in [0.2, 0.25) is 5.91 Å². The number of carbonyl (C=O) groups excluding carboxylic acids is 1. The first-order valence-corrected chi connectivity index (χ1v) is 9.90. The summed E-state index contributed by atoms with van der Waals surface area (Å²) in [7, 11) is 1.63. The van der Waals surface area contributed by atoms with Gasteiger partial charge in [0.1, 0.15) is 18.0 Å². The van der Waals surface area contributed by atoms with Crippen LogP contribution in [0.3, 0.4) is 0 Å².